The van der Waals surface area contributed by atoms with Gasteiger partial charge in [-0.2, -0.15) is 13.8 Å². The predicted octanol–water partition coefficient (Wildman–Crippen LogP) is 3.28. The average molecular weight is 327 g/mol. The van der Waals surface area contributed by atoms with E-state index < -0.39 is 23.1 Å². The Morgan fingerprint density at radius 1 is 1.22 bits per heavy atom. The van der Waals surface area contributed by atoms with Crippen LogP contribution >= 0.6 is 0 Å². The molecule has 0 amide bonds. The molecule has 0 saturated heterocycles. The first kappa shape index (κ1) is 17.0. The number of anilines is 1. The van der Waals surface area contributed by atoms with E-state index in [-0.39, 0.29) is 22.5 Å². The molecule has 0 aliphatic heterocycles. The second-order valence-corrected chi connectivity index (χ2v) is 5.76. The van der Waals surface area contributed by atoms with Crippen LogP contribution in [0.2, 0.25) is 0 Å². The van der Waals surface area contributed by atoms with Gasteiger partial charge in [0.1, 0.15) is 11.8 Å². The molecule has 1 N–H and O–H groups in total. The standard InChI is InChI=1S/C15H16F3N3O2/c1-14(2,7-22)21-8-5-9-11(10(16)6-8)19-13(15(3,17)18)20-12(9)23-4/h5-7,21H,1-4H3. The number of rotatable bonds is 5. The summed E-state index contributed by atoms with van der Waals surface area (Å²) in [5, 5.41) is 2.96. The van der Waals surface area contributed by atoms with E-state index in [0.717, 1.165) is 6.07 Å². The van der Waals surface area contributed by atoms with Gasteiger partial charge in [-0.1, -0.05) is 0 Å². The first-order valence-corrected chi connectivity index (χ1v) is 6.75. The fourth-order valence-corrected chi connectivity index (χ4v) is 1.99. The van der Waals surface area contributed by atoms with E-state index in [0.29, 0.717) is 13.2 Å². The molecule has 0 bridgehead atoms. The molecular weight excluding hydrogens is 311 g/mol. The van der Waals surface area contributed by atoms with E-state index >= 15 is 0 Å². The molecule has 0 atom stereocenters. The number of fused-ring (bicyclic) bond motifs is 1. The molecule has 1 aromatic carbocycles. The summed E-state index contributed by atoms with van der Waals surface area (Å²) in [7, 11) is 1.24. The maximum atomic E-state index is 14.3. The zero-order valence-corrected chi connectivity index (χ0v) is 13.1. The summed E-state index contributed by atoms with van der Waals surface area (Å²) >= 11 is 0. The number of alkyl halides is 2. The maximum Gasteiger partial charge on any atom is 0.303 e. The molecule has 2 aromatic rings. The Bertz CT molecular complexity index is 758. The van der Waals surface area contributed by atoms with Gasteiger partial charge in [0.25, 0.3) is 0 Å². The smallest absolute Gasteiger partial charge is 0.303 e. The van der Waals surface area contributed by atoms with Crippen LogP contribution in [0.3, 0.4) is 0 Å². The molecule has 0 aliphatic rings. The van der Waals surface area contributed by atoms with Crippen molar-refractivity contribution in [1.29, 1.82) is 0 Å². The highest BCUT2D eigenvalue weighted by Gasteiger charge is 2.30. The monoisotopic (exact) mass is 327 g/mol. The van der Waals surface area contributed by atoms with E-state index in [2.05, 4.69) is 15.3 Å². The van der Waals surface area contributed by atoms with Gasteiger partial charge in [-0.25, -0.2) is 9.37 Å². The van der Waals surface area contributed by atoms with Crippen molar-refractivity contribution in [1.82, 2.24) is 9.97 Å². The first-order chi connectivity index (χ1) is 10.6. The minimum absolute atomic E-state index is 0.129. The summed E-state index contributed by atoms with van der Waals surface area (Å²) in [6.45, 7) is 3.83. The Morgan fingerprint density at radius 3 is 2.39 bits per heavy atom. The number of methoxy groups -OCH3 is 1. The molecule has 0 aliphatic carbocycles. The van der Waals surface area contributed by atoms with Crippen LogP contribution in [0, 0.1) is 5.82 Å². The van der Waals surface area contributed by atoms with E-state index in [9.17, 15) is 18.0 Å². The second-order valence-electron chi connectivity index (χ2n) is 5.76. The number of nitrogens with zero attached hydrogens (tertiary/aromatic N) is 2. The molecule has 0 spiro atoms. The van der Waals surface area contributed by atoms with Gasteiger partial charge in [0.15, 0.2) is 5.82 Å². The van der Waals surface area contributed by atoms with Gasteiger partial charge in [-0.05, 0) is 26.0 Å². The number of aldehydes is 1. The van der Waals surface area contributed by atoms with Crippen LogP contribution in [0.4, 0.5) is 18.9 Å². The van der Waals surface area contributed by atoms with Crippen molar-refractivity contribution in [3.63, 3.8) is 0 Å². The van der Waals surface area contributed by atoms with Crippen molar-refractivity contribution in [2.45, 2.75) is 32.2 Å². The van der Waals surface area contributed by atoms with Crippen LogP contribution < -0.4 is 10.1 Å². The fourth-order valence-electron chi connectivity index (χ4n) is 1.99. The van der Waals surface area contributed by atoms with E-state index in [1.807, 2.05) is 0 Å². The normalized spacial score (nSPS) is 12.3. The predicted molar refractivity (Wildman–Crippen MR) is 79.4 cm³/mol. The van der Waals surface area contributed by atoms with Gasteiger partial charge in [0, 0.05) is 12.6 Å². The van der Waals surface area contributed by atoms with Gasteiger partial charge < -0.3 is 14.8 Å². The molecule has 1 heterocycles. The average Bonchev–Trinajstić information content (AvgIpc) is 2.45. The van der Waals surface area contributed by atoms with Gasteiger partial charge >= 0.3 is 5.92 Å². The topological polar surface area (TPSA) is 64.1 Å². The Labute approximate surface area is 130 Å². The molecule has 23 heavy (non-hydrogen) atoms. The lowest BCUT2D eigenvalue weighted by Crippen LogP contribution is -2.32. The minimum atomic E-state index is -3.33. The number of aromatic nitrogens is 2. The van der Waals surface area contributed by atoms with Crippen LogP contribution in [0.25, 0.3) is 10.9 Å². The van der Waals surface area contributed by atoms with Gasteiger partial charge in [0.05, 0.1) is 18.0 Å². The number of hydrogen-bond donors (Lipinski definition) is 1. The Morgan fingerprint density at radius 2 is 1.87 bits per heavy atom. The van der Waals surface area contributed by atoms with Crippen molar-refractivity contribution in [2.75, 3.05) is 12.4 Å². The maximum absolute atomic E-state index is 14.3. The third kappa shape index (κ3) is 3.52. The van der Waals surface area contributed by atoms with Crippen molar-refractivity contribution in [2.24, 2.45) is 0 Å². The molecule has 8 heteroatoms. The second kappa shape index (κ2) is 5.68. The third-order valence-electron chi connectivity index (χ3n) is 3.07. The molecular formula is C15H16F3N3O2. The lowest BCUT2D eigenvalue weighted by atomic mass is 10.1. The number of hydrogen-bond acceptors (Lipinski definition) is 5. The van der Waals surface area contributed by atoms with Crippen molar-refractivity contribution >= 4 is 22.9 Å². The van der Waals surface area contributed by atoms with E-state index in [1.54, 1.807) is 13.8 Å². The highest BCUT2D eigenvalue weighted by atomic mass is 19.3. The number of carbonyl (C=O) groups excluding carboxylic acids is 1. The van der Waals surface area contributed by atoms with E-state index in [4.69, 9.17) is 4.74 Å². The lowest BCUT2D eigenvalue weighted by molar-refractivity contribution is -0.110. The molecule has 0 radical (unpaired) electrons. The van der Waals surface area contributed by atoms with Crippen LogP contribution in [0.5, 0.6) is 5.88 Å². The number of carbonyl (C=O) groups is 1. The molecule has 1 aromatic heterocycles. The van der Waals surface area contributed by atoms with Crippen LogP contribution in [0.15, 0.2) is 12.1 Å². The molecule has 124 valence electrons. The summed E-state index contributed by atoms with van der Waals surface area (Å²) in [5.41, 5.74) is -0.919. The number of benzene rings is 1. The third-order valence-corrected chi connectivity index (χ3v) is 3.07. The summed E-state index contributed by atoms with van der Waals surface area (Å²) < 4.78 is 46.1. The van der Waals surface area contributed by atoms with Crippen LogP contribution in [-0.2, 0) is 10.7 Å². The summed E-state index contributed by atoms with van der Waals surface area (Å²) in [6, 6.07) is 2.53. The number of ether oxygens (including phenoxy) is 1. The summed E-state index contributed by atoms with van der Waals surface area (Å²) in [4.78, 5) is 18.2. The Hall–Kier alpha value is -2.38. The Balaban J connectivity index is 2.67. The zero-order chi connectivity index (χ0) is 17.4. The number of nitrogens with one attached hydrogen (secondary N) is 1. The van der Waals surface area contributed by atoms with Crippen LogP contribution in [-0.4, -0.2) is 28.9 Å². The fraction of sp³-hybridized carbons (Fsp3) is 0.400. The lowest BCUT2D eigenvalue weighted by Gasteiger charge is -2.21. The highest BCUT2D eigenvalue weighted by molar-refractivity contribution is 5.88. The van der Waals surface area contributed by atoms with Gasteiger partial charge in [0.2, 0.25) is 11.7 Å². The Kier molecular flexibility index (Phi) is 4.19. The summed E-state index contributed by atoms with van der Waals surface area (Å²) in [6.07, 6.45) is 0.670. The molecule has 0 saturated carbocycles. The molecule has 0 unspecified atom stereocenters. The highest BCUT2D eigenvalue weighted by Crippen LogP contribution is 2.33. The van der Waals surface area contributed by atoms with Crippen molar-refractivity contribution in [3.8, 4) is 5.88 Å². The first-order valence-electron chi connectivity index (χ1n) is 6.75. The SMILES string of the molecule is COc1nc(C(C)(F)F)nc2c(F)cc(NC(C)(C)C=O)cc12. The van der Waals surface area contributed by atoms with E-state index in [1.165, 1.54) is 13.2 Å². The minimum Gasteiger partial charge on any atom is -0.480 e. The largest absolute Gasteiger partial charge is 0.480 e. The van der Waals surface area contributed by atoms with Gasteiger partial charge in [-0.3, -0.25) is 0 Å². The molecule has 0 fully saturated rings. The zero-order valence-electron chi connectivity index (χ0n) is 13.1. The van der Waals surface area contributed by atoms with Gasteiger partial charge in [-0.15, -0.1) is 0 Å². The van der Waals surface area contributed by atoms with Crippen molar-refractivity contribution < 1.29 is 22.7 Å². The van der Waals surface area contributed by atoms with Crippen molar-refractivity contribution in [3.05, 3.63) is 23.8 Å². The van der Waals surface area contributed by atoms with Crippen LogP contribution in [0.1, 0.15) is 26.6 Å². The molecule has 5 nitrogen and oxygen atoms in total. The quantitative estimate of drug-likeness (QED) is 0.854. The summed E-state index contributed by atoms with van der Waals surface area (Å²) in [5.74, 6) is -5.14. The molecule has 2 rings (SSSR count). The number of halogens is 3.